The maximum Gasteiger partial charge on any atom is 0.253 e. The van der Waals surface area contributed by atoms with E-state index in [9.17, 15) is 13.2 Å². The number of nitrogens with one attached hydrogen (secondary N) is 1. The SMILES string of the molecule is O=C(c1ccc(S(=O)(=O)NCc2cccs2)cc1)N1CCN(Cc2ccc3c(c2)CCO3)CC1. The van der Waals surface area contributed by atoms with Crippen molar-refractivity contribution < 1.29 is 17.9 Å². The average Bonchev–Trinajstić information content (AvgIpc) is 3.55. The number of benzene rings is 2. The van der Waals surface area contributed by atoms with Crippen LogP contribution < -0.4 is 9.46 Å². The molecule has 2 aromatic carbocycles. The Morgan fingerprint density at radius 3 is 2.56 bits per heavy atom. The second-order valence-corrected chi connectivity index (χ2v) is 11.3. The van der Waals surface area contributed by atoms with Crippen molar-refractivity contribution in [3.8, 4) is 5.75 Å². The summed E-state index contributed by atoms with van der Waals surface area (Å²) in [6, 6.07) is 16.4. The van der Waals surface area contributed by atoms with Gasteiger partial charge in [0.15, 0.2) is 0 Å². The Labute approximate surface area is 204 Å². The molecular weight excluding hydrogens is 470 g/mol. The third-order valence-corrected chi connectivity index (χ3v) is 8.54. The van der Waals surface area contributed by atoms with Crippen LogP contribution in [0.25, 0.3) is 0 Å². The van der Waals surface area contributed by atoms with E-state index >= 15 is 0 Å². The number of thiophene rings is 1. The van der Waals surface area contributed by atoms with Crippen LogP contribution in [0.3, 0.4) is 0 Å². The Hall–Kier alpha value is -2.72. The first-order valence-corrected chi connectivity index (χ1v) is 13.7. The predicted octanol–water partition coefficient (Wildman–Crippen LogP) is 3.12. The lowest BCUT2D eigenvalue weighted by molar-refractivity contribution is 0.0628. The standard InChI is InChI=1S/C25H27N3O4S2/c29-25(20-4-6-23(7-5-20)34(30,31)26-17-22-2-1-15-33-22)28-12-10-27(11-13-28)18-19-3-8-24-21(16-19)9-14-32-24/h1-8,15-16,26H,9-14,17-18H2. The molecule has 0 radical (unpaired) electrons. The summed E-state index contributed by atoms with van der Waals surface area (Å²) < 4.78 is 33.3. The van der Waals surface area contributed by atoms with E-state index in [4.69, 9.17) is 4.74 Å². The molecule has 0 unspecified atom stereocenters. The van der Waals surface area contributed by atoms with Gasteiger partial charge in [-0.2, -0.15) is 0 Å². The van der Waals surface area contributed by atoms with Crippen molar-refractivity contribution in [2.24, 2.45) is 0 Å². The van der Waals surface area contributed by atoms with Gasteiger partial charge in [-0.25, -0.2) is 13.1 Å². The first kappa shape index (κ1) is 23.0. The first-order chi connectivity index (χ1) is 16.5. The molecule has 9 heteroatoms. The zero-order valence-corrected chi connectivity index (χ0v) is 20.4. The second kappa shape index (κ2) is 9.87. The minimum atomic E-state index is -3.63. The number of rotatable bonds is 7. The van der Waals surface area contributed by atoms with E-state index in [1.54, 1.807) is 12.1 Å². The normalized spacial score (nSPS) is 16.3. The van der Waals surface area contributed by atoms with Gasteiger partial charge in [-0.1, -0.05) is 18.2 Å². The number of sulfonamides is 1. The van der Waals surface area contributed by atoms with E-state index in [1.807, 2.05) is 22.4 Å². The van der Waals surface area contributed by atoms with Crippen LogP contribution in [-0.4, -0.2) is 56.9 Å². The molecule has 1 fully saturated rings. The average molecular weight is 498 g/mol. The van der Waals surface area contributed by atoms with Gasteiger partial charge in [0.1, 0.15) is 5.75 Å². The molecule has 0 saturated carbocycles. The summed E-state index contributed by atoms with van der Waals surface area (Å²) in [5.74, 6) is 0.932. The number of hydrogen-bond acceptors (Lipinski definition) is 6. The minimum absolute atomic E-state index is 0.0650. The van der Waals surface area contributed by atoms with Crippen LogP contribution in [0.1, 0.15) is 26.4 Å². The number of piperazine rings is 1. The molecular formula is C25H27N3O4S2. The Balaban J connectivity index is 1.14. The molecule has 1 aromatic heterocycles. The van der Waals surface area contributed by atoms with Crippen LogP contribution in [0, 0.1) is 0 Å². The highest BCUT2D eigenvalue weighted by atomic mass is 32.2. The zero-order valence-electron chi connectivity index (χ0n) is 18.8. The summed E-state index contributed by atoms with van der Waals surface area (Å²) in [7, 11) is -3.63. The summed E-state index contributed by atoms with van der Waals surface area (Å²) in [5, 5.41) is 1.91. The van der Waals surface area contributed by atoms with Gasteiger partial charge in [0.05, 0.1) is 11.5 Å². The topological polar surface area (TPSA) is 79.0 Å². The molecule has 3 aromatic rings. The van der Waals surface area contributed by atoms with Gasteiger partial charge < -0.3 is 9.64 Å². The lowest BCUT2D eigenvalue weighted by atomic mass is 10.1. The van der Waals surface area contributed by atoms with Crippen molar-refractivity contribution in [1.82, 2.24) is 14.5 Å². The molecule has 0 atom stereocenters. The fraction of sp³-hybridized carbons (Fsp3) is 0.320. The number of fused-ring (bicyclic) bond motifs is 1. The smallest absolute Gasteiger partial charge is 0.253 e. The predicted molar refractivity (Wildman–Crippen MR) is 132 cm³/mol. The van der Waals surface area contributed by atoms with E-state index in [0.29, 0.717) is 18.7 Å². The van der Waals surface area contributed by atoms with Crippen LogP contribution in [-0.2, 0) is 29.5 Å². The molecule has 2 aliphatic heterocycles. The molecule has 1 saturated heterocycles. The molecule has 0 bridgehead atoms. The molecule has 1 amide bonds. The first-order valence-electron chi connectivity index (χ1n) is 11.4. The molecule has 0 aliphatic carbocycles. The van der Waals surface area contributed by atoms with Gasteiger partial charge in [0.25, 0.3) is 5.91 Å². The van der Waals surface area contributed by atoms with Crippen LogP contribution in [0.2, 0.25) is 0 Å². The summed E-state index contributed by atoms with van der Waals surface area (Å²) in [4.78, 5) is 18.3. The van der Waals surface area contributed by atoms with E-state index < -0.39 is 10.0 Å². The molecule has 7 nitrogen and oxygen atoms in total. The number of carbonyl (C=O) groups is 1. The number of ether oxygens (including phenoxy) is 1. The van der Waals surface area contributed by atoms with Crippen LogP contribution in [0.4, 0.5) is 0 Å². The Morgan fingerprint density at radius 1 is 1.03 bits per heavy atom. The summed E-state index contributed by atoms with van der Waals surface area (Å²) in [5.41, 5.74) is 3.05. The molecule has 5 rings (SSSR count). The highest BCUT2D eigenvalue weighted by molar-refractivity contribution is 7.89. The third kappa shape index (κ3) is 5.17. The van der Waals surface area contributed by atoms with Gasteiger partial charge >= 0.3 is 0 Å². The van der Waals surface area contributed by atoms with Crippen molar-refractivity contribution in [3.05, 3.63) is 81.5 Å². The Kier molecular flexibility index (Phi) is 6.69. The number of nitrogens with zero attached hydrogens (tertiary/aromatic N) is 2. The van der Waals surface area contributed by atoms with E-state index in [-0.39, 0.29) is 17.3 Å². The van der Waals surface area contributed by atoms with E-state index in [0.717, 1.165) is 43.3 Å². The lowest BCUT2D eigenvalue weighted by Crippen LogP contribution is -2.48. The summed E-state index contributed by atoms with van der Waals surface area (Å²) >= 11 is 1.50. The largest absolute Gasteiger partial charge is 0.493 e. The Morgan fingerprint density at radius 2 is 1.82 bits per heavy atom. The number of carbonyl (C=O) groups excluding carboxylic acids is 1. The highest BCUT2D eigenvalue weighted by Crippen LogP contribution is 2.26. The van der Waals surface area contributed by atoms with E-state index in [2.05, 4.69) is 27.8 Å². The quantitative estimate of drug-likeness (QED) is 0.543. The summed E-state index contributed by atoms with van der Waals surface area (Å²) in [6.45, 7) is 4.78. The summed E-state index contributed by atoms with van der Waals surface area (Å²) in [6.07, 6.45) is 0.968. The van der Waals surface area contributed by atoms with Crippen molar-refractivity contribution in [3.63, 3.8) is 0 Å². The van der Waals surface area contributed by atoms with Crippen LogP contribution >= 0.6 is 11.3 Å². The molecule has 3 heterocycles. The van der Waals surface area contributed by atoms with Crippen molar-refractivity contribution in [2.45, 2.75) is 24.4 Å². The van der Waals surface area contributed by atoms with Gasteiger partial charge in [0, 0.05) is 56.1 Å². The number of hydrogen-bond donors (Lipinski definition) is 1. The van der Waals surface area contributed by atoms with E-state index in [1.165, 1.54) is 34.6 Å². The maximum absolute atomic E-state index is 13.0. The fourth-order valence-electron chi connectivity index (χ4n) is 4.33. The fourth-order valence-corrected chi connectivity index (χ4v) is 6.07. The van der Waals surface area contributed by atoms with Crippen molar-refractivity contribution in [2.75, 3.05) is 32.8 Å². The van der Waals surface area contributed by atoms with Crippen molar-refractivity contribution in [1.29, 1.82) is 0 Å². The minimum Gasteiger partial charge on any atom is -0.493 e. The molecule has 0 spiro atoms. The lowest BCUT2D eigenvalue weighted by Gasteiger charge is -2.35. The highest BCUT2D eigenvalue weighted by Gasteiger charge is 2.23. The maximum atomic E-state index is 13.0. The van der Waals surface area contributed by atoms with Crippen LogP contribution in [0.5, 0.6) is 5.75 Å². The van der Waals surface area contributed by atoms with Crippen molar-refractivity contribution >= 4 is 27.3 Å². The zero-order chi connectivity index (χ0) is 23.5. The molecule has 2 aliphatic rings. The van der Waals surface area contributed by atoms with Gasteiger partial charge in [-0.15, -0.1) is 11.3 Å². The van der Waals surface area contributed by atoms with Gasteiger partial charge in [-0.05, 0) is 52.9 Å². The molecule has 1 N–H and O–H groups in total. The van der Waals surface area contributed by atoms with Gasteiger partial charge in [0.2, 0.25) is 10.0 Å². The third-order valence-electron chi connectivity index (χ3n) is 6.25. The van der Waals surface area contributed by atoms with Crippen LogP contribution in [0.15, 0.2) is 64.9 Å². The second-order valence-electron chi connectivity index (χ2n) is 8.54. The molecule has 34 heavy (non-hydrogen) atoms. The number of amides is 1. The Bertz CT molecular complexity index is 1250. The monoisotopic (exact) mass is 497 g/mol. The van der Waals surface area contributed by atoms with Gasteiger partial charge in [-0.3, -0.25) is 9.69 Å². The molecule has 178 valence electrons.